The van der Waals surface area contributed by atoms with Crippen LogP contribution in [0.1, 0.15) is 12.8 Å². The number of anilines is 1. The normalized spacial score (nSPS) is 15.4. The van der Waals surface area contributed by atoms with Gasteiger partial charge in [-0.05, 0) is 24.3 Å². The molecular weight excluding hydrogens is 337 g/mol. The molecule has 2 aromatic carbocycles. The average Bonchev–Trinajstić information content (AvgIpc) is 3.08. The number of halogens is 1. The summed E-state index contributed by atoms with van der Waals surface area (Å²) in [7, 11) is 0. The van der Waals surface area contributed by atoms with Crippen LogP contribution in [0.4, 0.5) is 10.4 Å². The number of benzene rings is 2. The van der Waals surface area contributed by atoms with Crippen molar-refractivity contribution < 1.29 is 13.6 Å². The SMILES string of the molecule is O=C1CCN(c2nc3c4ccc(F)cc4c4c(=O)[nH]ccc4c3o2)CC1. The van der Waals surface area contributed by atoms with Crippen LogP contribution in [0, 0.1) is 5.82 Å². The van der Waals surface area contributed by atoms with Crippen LogP contribution in [-0.4, -0.2) is 28.8 Å². The Kier molecular flexibility index (Phi) is 3.12. The van der Waals surface area contributed by atoms with Crippen molar-refractivity contribution in [3.63, 3.8) is 0 Å². The second-order valence-electron chi connectivity index (χ2n) is 6.49. The molecule has 7 heteroatoms. The number of carbonyl (C=O) groups is 1. The topological polar surface area (TPSA) is 79.2 Å². The number of aromatic nitrogens is 2. The number of hydrogen-bond donors (Lipinski definition) is 1. The number of fused-ring (bicyclic) bond motifs is 6. The van der Waals surface area contributed by atoms with Crippen molar-refractivity contribution in [1.29, 1.82) is 0 Å². The predicted molar refractivity (Wildman–Crippen MR) is 96.1 cm³/mol. The van der Waals surface area contributed by atoms with Gasteiger partial charge in [-0.2, -0.15) is 4.98 Å². The number of ketones is 1. The molecule has 4 aromatic rings. The van der Waals surface area contributed by atoms with E-state index in [9.17, 15) is 14.0 Å². The van der Waals surface area contributed by atoms with Gasteiger partial charge in [0.2, 0.25) is 0 Å². The second-order valence-corrected chi connectivity index (χ2v) is 6.49. The highest BCUT2D eigenvalue weighted by atomic mass is 19.1. The van der Waals surface area contributed by atoms with Crippen molar-refractivity contribution >= 4 is 44.4 Å². The summed E-state index contributed by atoms with van der Waals surface area (Å²) in [6, 6.07) is 6.47. The van der Waals surface area contributed by atoms with Gasteiger partial charge in [-0.25, -0.2) is 4.39 Å². The molecule has 2 aromatic heterocycles. The number of oxazole rings is 1. The number of H-pyrrole nitrogens is 1. The molecule has 1 N–H and O–H groups in total. The van der Waals surface area contributed by atoms with E-state index in [4.69, 9.17) is 4.42 Å². The Morgan fingerprint density at radius 1 is 1.08 bits per heavy atom. The van der Waals surface area contributed by atoms with E-state index < -0.39 is 5.82 Å². The number of nitrogens with zero attached hydrogens (tertiary/aromatic N) is 2. The minimum absolute atomic E-state index is 0.232. The van der Waals surface area contributed by atoms with Crippen LogP contribution in [0.5, 0.6) is 0 Å². The summed E-state index contributed by atoms with van der Waals surface area (Å²) in [6.45, 7) is 1.10. The van der Waals surface area contributed by atoms with Gasteiger partial charge in [-0.15, -0.1) is 0 Å². The van der Waals surface area contributed by atoms with Crippen LogP contribution in [0.15, 0.2) is 39.7 Å². The summed E-state index contributed by atoms with van der Waals surface area (Å²) in [5.74, 6) is -0.185. The lowest BCUT2D eigenvalue weighted by Gasteiger charge is -2.23. The predicted octanol–water partition coefficient (Wildman–Crippen LogP) is 3.13. The zero-order valence-corrected chi connectivity index (χ0v) is 13.7. The average molecular weight is 351 g/mol. The first-order valence-corrected chi connectivity index (χ1v) is 8.41. The number of Topliss-reactive ketones (excluding diaryl/α,β-unsaturated/α-hetero) is 1. The molecule has 0 aliphatic carbocycles. The van der Waals surface area contributed by atoms with E-state index in [0.717, 1.165) is 0 Å². The molecule has 1 saturated heterocycles. The van der Waals surface area contributed by atoms with E-state index in [1.54, 1.807) is 12.1 Å². The maximum Gasteiger partial charge on any atom is 0.298 e. The van der Waals surface area contributed by atoms with Gasteiger partial charge in [0.15, 0.2) is 5.58 Å². The molecule has 0 bridgehead atoms. The number of pyridine rings is 1. The molecule has 0 radical (unpaired) electrons. The van der Waals surface area contributed by atoms with Gasteiger partial charge in [0.1, 0.15) is 17.1 Å². The quantitative estimate of drug-likeness (QED) is 0.533. The van der Waals surface area contributed by atoms with Crippen molar-refractivity contribution in [1.82, 2.24) is 9.97 Å². The Bertz CT molecular complexity index is 1250. The third-order valence-electron chi connectivity index (χ3n) is 4.92. The van der Waals surface area contributed by atoms with Crippen LogP contribution in [-0.2, 0) is 4.79 Å². The summed E-state index contributed by atoms with van der Waals surface area (Å²) in [6.07, 6.45) is 2.47. The molecule has 6 nitrogen and oxygen atoms in total. The number of hydrogen-bond acceptors (Lipinski definition) is 5. The maximum absolute atomic E-state index is 13.8. The molecule has 0 unspecified atom stereocenters. The molecule has 130 valence electrons. The van der Waals surface area contributed by atoms with Crippen molar-refractivity contribution in [2.24, 2.45) is 0 Å². The summed E-state index contributed by atoms with van der Waals surface area (Å²) in [4.78, 5) is 33.1. The molecule has 5 rings (SSSR count). The third kappa shape index (κ3) is 2.13. The molecule has 1 aliphatic rings. The van der Waals surface area contributed by atoms with E-state index in [1.165, 1.54) is 18.3 Å². The minimum atomic E-state index is -0.417. The highest BCUT2D eigenvalue weighted by molar-refractivity contribution is 6.22. The summed E-state index contributed by atoms with van der Waals surface area (Å²) >= 11 is 0. The summed E-state index contributed by atoms with van der Waals surface area (Å²) < 4.78 is 19.8. The van der Waals surface area contributed by atoms with Crippen molar-refractivity contribution in [2.75, 3.05) is 18.0 Å². The molecule has 1 fully saturated rings. The monoisotopic (exact) mass is 351 g/mol. The van der Waals surface area contributed by atoms with Crippen LogP contribution in [0.25, 0.3) is 32.6 Å². The van der Waals surface area contributed by atoms with Gasteiger partial charge >= 0.3 is 0 Å². The minimum Gasteiger partial charge on any atom is -0.423 e. The van der Waals surface area contributed by atoms with Gasteiger partial charge in [0.05, 0.1) is 5.39 Å². The molecule has 0 amide bonds. The number of nitrogens with one attached hydrogen (secondary N) is 1. The number of carbonyl (C=O) groups excluding carboxylic acids is 1. The van der Waals surface area contributed by atoms with Gasteiger partial charge in [-0.3, -0.25) is 9.59 Å². The van der Waals surface area contributed by atoms with E-state index >= 15 is 0 Å². The number of rotatable bonds is 1. The Morgan fingerprint density at radius 2 is 1.88 bits per heavy atom. The fourth-order valence-electron chi connectivity index (χ4n) is 3.62. The maximum atomic E-state index is 13.8. The van der Waals surface area contributed by atoms with Gasteiger partial charge < -0.3 is 14.3 Å². The van der Waals surface area contributed by atoms with Crippen LogP contribution in [0.3, 0.4) is 0 Å². The van der Waals surface area contributed by atoms with Gasteiger partial charge in [0.25, 0.3) is 11.6 Å². The fourth-order valence-corrected chi connectivity index (χ4v) is 3.62. The molecule has 0 saturated carbocycles. The Hall–Kier alpha value is -3.22. The second kappa shape index (κ2) is 5.39. The third-order valence-corrected chi connectivity index (χ3v) is 4.92. The lowest BCUT2D eigenvalue weighted by atomic mass is 10.0. The molecule has 1 aliphatic heterocycles. The van der Waals surface area contributed by atoms with Crippen molar-refractivity contribution in [2.45, 2.75) is 12.8 Å². The smallest absolute Gasteiger partial charge is 0.298 e. The van der Waals surface area contributed by atoms with Crippen LogP contribution >= 0.6 is 0 Å². The fraction of sp³-hybridized carbons (Fsp3) is 0.211. The first-order chi connectivity index (χ1) is 12.6. The largest absolute Gasteiger partial charge is 0.423 e. The highest BCUT2D eigenvalue weighted by Crippen LogP contribution is 2.36. The zero-order valence-electron chi connectivity index (χ0n) is 13.7. The van der Waals surface area contributed by atoms with E-state index in [1.807, 2.05) is 4.90 Å². The first-order valence-electron chi connectivity index (χ1n) is 8.41. The first kappa shape index (κ1) is 15.1. The number of aromatic amines is 1. The molecule has 0 atom stereocenters. The molecular formula is C19H14FN3O3. The Balaban J connectivity index is 1.86. The zero-order chi connectivity index (χ0) is 17.8. The van der Waals surface area contributed by atoms with Crippen LogP contribution in [0.2, 0.25) is 0 Å². The van der Waals surface area contributed by atoms with Crippen molar-refractivity contribution in [3.8, 4) is 0 Å². The lowest BCUT2D eigenvalue weighted by molar-refractivity contribution is -0.119. The summed E-state index contributed by atoms with van der Waals surface area (Å²) in [5, 5.41) is 2.14. The molecule has 3 heterocycles. The molecule has 26 heavy (non-hydrogen) atoms. The lowest BCUT2D eigenvalue weighted by Crippen LogP contribution is -2.33. The van der Waals surface area contributed by atoms with Crippen LogP contribution < -0.4 is 10.5 Å². The van der Waals surface area contributed by atoms with Gasteiger partial charge in [-0.1, -0.05) is 0 Å². The van der Waals surface area contributed by atoms with Gasteiger partial charge in [0, 0.05) is 48.3 Å². The standard InChI is InChI=1S/C19H14FN3O3/c20-10-1-2-12-14(9-10)15-13(3-6-21-18(15)25)17-16(12)22-19(26-17)23-7-4-11(24)5-8-23/h1-3,6,9H,4-5,7-8H2,(H,21,25). The Labute approximate surface area is 146 Å². The van der Waals surface area contributed by atoms with Crippen molar-refractivity contribution in [3.05, 3.63) is 46.6 Å². The van der Waals surface area contributed by atoms with E-state index in [2.05, 4.69) is 9.97 Å². The van der Waals surface area contributed by atoms with E-state index in [-0.39, 0.29) is 11.3 Å². The Morgan fingerprint density at radius 3 is 2.69 bits per heavy atom. The molecule has 0 spiro atoms. The summed E-state index contributed by atoms with van der Waals surface area (Å²) in [5.41, 5.74) is 0.781. The number of piperidine rings is 1. The van der Waals surface area contributed by atoms with E-state index in [0.29, 0.717) is 64.6 Å². The highest BCUT2D eigenvalue weighted by Gasteiger charge is 2.23.